The Labute approximate surface area is 223 Å². The number of carbonyl (C=O) groups is 2. The van der Waals surface area contributed by atoms with E-state index in [-0.39, 0.29) is 30.1 Å². The number of nitrogens with zero attached hydrogens (tertiary/aromatic N) is 2. The molecule has 2 heterocycles. The molecule has 1 aliphatic heterocycles. The summed E-state index contributed by atoms with van der Waals surface area (Å²) in [6, 6.07) is 28.1. The summed E-state index contributed by atoms with van der Waals surface area (Å²) >= 11 is 0.941. The molecular formula is C31H23FN2O3S. The monoisotopic (exact) mass is 522 g/mol. The van der Waals surface area contributed by atoms with Crippen LogP contribution >= 0.6 is 11.8 Å². The van der Waals surface area contributed by atoms with Crippen molar-refractivity contribution in [2.45, 2.75) is 6.54 Å². The zero-order valence-electron chi connectivity index (χ0n) is 20.3. The van der Waals surface area contributed by atoms with Crippen molar-refractivity contribution in [3.05, 3.63) is 119 Å². The molecule has 1 fully saturated rings. The van der Waals surface area contributed by atoms with E-state index in [2.05, 4.69) is 4.57 Å². The zero-order valence-corrected chi connectivity index (χ0v) is 21.2. The van der Waals surface area contributed by atoms with Gasteiger partial charge in [0.05, 0.1) is 11.4 Å². The van der Waals surface area contributed by atoms with Gasteiger partial charge >= 0.3 is 0 Å². The average molecular weight is 523 g/mol. The Morgan fingerprint density at radius 1 is 0.842 bits per heavy atom. The van der Waals surface area contributed by atoms with Crippen LogP contribution in [0.1, 0.15) is 11.1 Å². The lowest BCUT2D eigenvalue weighted by Gasteiger charge is -2.14. The molecule has 1 aliphatic rings. The lowest BCUT2D eigenvalue weighted by Crippen LogP contribution is -2.32. The first-order valence-corrected chi connectivity index (χ1v) is 13.1. The fourth-order valence-electron chi connectivity index (χ4n) is 4.71. The zero-order chi connectivity index (χ0) is 26.1. The van der Waals surface area contributed by atoms with E-state index in [0.29, 0.717) is 11.4 Å². The van der Waals surface area contributed by atoms with Crippen LogP contribution in [0, 0.1) is 5.82 Å². The van der Waals surface area contributed by atoms with Gasteiger partial charge in [-0.25, -0.2) is 4.39 Å². The van der Waals surface area contributed by atoms with Gasteiger partial charge in [0.25, 0.3) is 11.1 Å². The van der Waals surface area contributed by atoms with Crippen LogP contribution < -0.4 is 4.74 Å². The Morgan fingerprint density at radius 2 is 1.58 bits per heavy atom. The minimum absolute atomic E-state index is 0.164. The number of thioether (sulfide) groups is 1. The van der Waals surface area contributed by atoms with E-state index < -0.39 is 0 Å². The standard InChI is InChI=1S/C31H23FN2O3S/c32-24-14-12-21(13-15-24)19-33-20-23(25-8-3-4-10-27(25)33)18-29-30(35)34(31(36)38-29)16-17-37-28-11-5-7-22-6-1-2-9-26(22)28/h1-15,18,20H,16-17,19H2/b29-18-. The second-order valence-electron chi connectivity index (χ2n) is 9.02. The molecule has 0 radical (unpaired) electrons. The first-order chi connectivity index (χ1) is 18.6. The van der Waals surface area contributed by atoms with Crippen molar-refractivity contribution in [3.63, 3.8) is 0 Å². The lowest BCUT2D eigenvalue weighted by molar-refractivity contribution is -0.123. The molecular weight excluding hydrogens is 499 g/mol. The van der Waals surface area contributed by atoms with Gasteiger partial charge in [-0.15, -0.1) is 0 Å². The highest BCUT2D eigenvalue weighted by atomic mass is 32.2. The van der Waals surface area contributed by atoms with Crippen LogP contribution in [0.4, 0.5) is 9.18 Å². The van der Waals surface area contributed by atoms with Gasteiger partial charge in [-0.05, 0) is 53.1 Å². The number of carbonyl (C=O) groups excluding carboxylic acids is 2. The molecule has 4 aromatic carbocycles. The predicted molar refractivity (Wildman–Crippen MR) is 150 cm³/mol. The van der Waals surface area contributed by atoms with Crippen molar-refractivity contribution in [1.82, 2.24) is 9.47 Å². The molecule has 0 atom stereocenters. The van der Waals surface area contributed by atoms with E-state index >= 15 is 0 Å². The quantitative estimate of drug-likeness (QED) is 0.214. The summed E-state index contributed by atoms with van der Waals surface area (Å²) in [7, 11) is 0. The number of rotatable bonds is 7. The van der Waals surface area contributed by atoms with E-state index in [0.717, 1.165) is 50.3 Å². The van der Waals surface area contributed by atoms with Crippen LogP contribution in [0.25, 0.3) is 27.8 Å². The van der Waals surface area contributed by atoms with Crippen molar-refractivity contribution >= 4 is 50.7 Å². The molecule has 2 amide bonds. The fourth-order valence-corrected chi connectivity index (χ4v) is 5.57. The summed E-state index contributed by atoms with van der Waals surface area (Å²) in [5.74, 6) is 0.126. The highest BCUT2D eigenvalue weighted by Crippen LogP contribution is 2.34. The molecule has 7 heteroatoms. The van der Waals surface area contributed by atoms with Crippen LogP contribution in [0.3, 0.4) is 0 Å². The van der Waals surface area contributed by atoms with Crippen molar-refractivity contribution in [3.8, 4) is 5.75 Å². The molecule has 1 aromatic heterocycles. The van der Waals surface area contributed by atoms with E-state index in [1.807, 2.05) is 72.9 Å². The maximum Gasteiger partial charge on any atom is 0.293 e. The number of fused-ring (bicyclic) bond motifs is 2. The molecule has 0 unspecified atom stereocenters. The van der Waals surface area contributed by atoms with Crippen molar-refractivity contribution in [1.29, 1.82) is 0 Å². The molecule has 38 heavy (non-hydrogen) atoms. The minimum atomic E-state index is -0.322. The summed E-state index contributed by atoms with van der Waals surface area (Å²) in [5, 5.41) is 2.72. The van der Waals surface area contributed by atoms with Crippen LogP contribution in [0.2, 0.25) is 0 Å². The third-order valence-corrected chi connectivity index (χ3v) is 7.48. The maximum atomic E-state index is 13.3. The molecule has 5 aromatic rings. The van der Waals surface area contributed by atoms with E-state index in [4.69, 9.17) is 4.74 Å². The van der Waals surface area contributed by atoms with Crippen LogP contribution in [0.5, 0.6) is 5.75 Å². The average Bonchev–Trinajstić information content (AvgIpc) is 3.41. The number of imide groups is 1. The SMILES string of the molecule is O=C1S/C(=C\c2cn(Cc3ccc(F)cc3)c3ccccc23)C(=O)N1CCOc1cccc2ccccc12. The third-order valence-electron chi connectivity index (χ3n) is 6.57. The minimum Gasteiger partial charge on any atom is -0.491 e. The number of amides is 2. The van der Waals surface area contributed by atoms with Gasteiger partial charge < -0.3 is 9.30 Å². The number of ether oxygens (including phenoxy) is 1. The van der Waals surface area contributed by atoms with Crippen molar-refractivity contribution in [2.75, 3.05) is 13.2 Å². The van der Waals surface area contributed by atoms with Gasteiger partial charge in [0, 0.05) is 34.6 Å². The van der Waals surface area contributed by atoms with E-state index in [1.54, 1.807) is 18.2 Å². The normalized spacial score (nSPS) is 14.8. The highest BCUT2D eigenvalue weighted by Gasteiger charge is 2.35. The predicted octanol–water partition coefficient (Wildman–Crippen LogP) is 7.10. The first-order valence-electron chi connectivity index (χ1n) is 12.2. The van der Waals surface area contributed by atoms with Crippen LogP contribution in [-0.4, -0.2) is 33.8 Å². The van der Waals surface area contributed by atoms with Gasteiger partial charge in [-0.3, -0.25) is 14.5 Å². The number of benzene rings is 4. The molecule has 0 bridgehead atoms. The second-order valence-corrected chi connectivity index (χ2v) is 10.0. The van der Waals surface area contributed by atoms with Gasteiger partial charge in [-0.2, -0.15) is 0 Å². The number of hydrogen-bond donors (Lipinski definition) is 0. The summed E-state index contributed by atoms with van der Waals surface area (Å²) in [6.45, 7) is 0.926. The number of aromatic nitrogens is 1. The largest absolute Gasteiger partial charge is 0.491 e. The molecule has 5 nitrogen and oxygen atoms in total. The molecule has 1 saturated heterocycles. The Morgan fingerprint density at radius 3 is 2.42 bits per heavy atom. The second kappa shape index (κ2) is 10.2. The molecule has 0 N–H and O–H groups in total. The Bertz CT molecular complexity index is 1700. The molecule has 0 spiro atoms. The number of para-hydroxylation sites is 1. The fraction of sp³-hybridized carbons (Fsp3) is 0.0968. The summed E-state index contributed by atoms with van der Waals surface area (Å²) in [5.41, 5.74) is 2.80. The number of hydrogen-bond acceptors (Lipinski definition) is 4. The molecule has 0 saturated carbocycles. The third kappa shape index (κ3) is 4.68. The number of halogens is 1. The summed E-state index contributed by atoms with van der Waals surface area (Å²) in [4.78, 5) is 27.5. The van der Waals surface area contributed by atoms with Crippen LogP contribution in [-0.2, 0) is 11.3 Å². The maximum absolute atomic E-state index is 13.3. The van der Waals surface area contributed by atoms with Crippen LogP contribution in [0.15, 0.2) is 102 Å². The van der Waals surface area contributed by atoms with Gasteiger partial charge in [-0.1, -0.05) is 66.7 Å². The topological polar surface area (TPSA) is 51.5 Å². The Kier molecular flexibility index (Phi) is 6.43. The molecule has 0 aliphatic carbocycles. The van der Waals surface area contributed by atoms with E-state index in [9.17, 15) is 14.0 Å². The molecule has 6 rings (SSSR count). The summed E-state index contributed by atoms with van der Waals surface area (Å²) in [6.07, 6.45) is 3.74. The van der Waals surface area contributed by atoms with Gasteiger partial charge in [0.1, 0.15) is 18.2 Å². The van der Waals surface area contributed by atoms with Gasteiger partial charge in [0.15, 0.2) is 0 Å². The van der Waals surface area contributed by atoms with Crippen molar-refractivity contribution < 1.29 is 18.7 Å². The summed E-state index contributed by atoms with van der Waals surface area (Å²) < 4.78 is 21.4. The van der Waals surface area contributed by atoms with Crippen molar-refractivity contribution in [2.24, 2.45) is 0 Å². The van der Waals surface area contributed by atoms with E-state index in [1.165, 1.54) is 17.0 Å². The smallest absolute Gasteiger partial charge is 0.293 e. The van der Waals surface area contributed by atoms with Gasteiger partial charge in [0.2, 0.25) is 0 Å². The molecule has 188 valence electrons. The highest BCUT2D eigenvalue weighted by molar-refractivity contribution is 8.18. The Hall–Kier alpha value is -4.36. The Balaban J connectivity index is 1.20. The lowest BCUT2D eigenvalue weighted by atomic mass is 10.1. The first kappa shape index (κ1) is 24.0.